The van der Waals surface area contributed by atoms with E-state index >= 15 is 0 Å². The normalized spacial score (nSPS) is 12.2. The van der Waals surface area contributed by atoms with Crippen molar-refractivity contribution in [3.8, 4) is 10.8 Å². The minimum Gasteiger partial charge on any atom is -0.462 e. The van der Waals surface area contributed by atoms with Crippen LogP contribution in [0.5, 0.6) is 0 Å². The Labute approximate surface area is 118 Å². The summed E-state index contributed by atoms with van der Waals surface area (Å²) in [5, 5.41) is 11.9. The first-order valence-corrected chi connectivity index (χ1v) is 6.91. The first-order valence-electron chi connectivity index (χ1n) is 6.03. The van der Waals surface area contributed by atoms with Gasteiger partial charge in [0.1, 0.15) is 5.69 Å². The molecule has 3 aromatic rings. The summed E-state index contributed by atoms with van der Waals surface area (Å²) < 4.78 is 5.26. The maximum atomic E-state index is 12.1. The number of carbonyl (C=O) groups is 1. The Morgan fingerprint density at radius 2 is 2.45 bits per heavy atom. The van der Waals surface area contributed by atoms with Gasteiger partial charge in [-0.1, -0.05) is 0 Å². The Morgan fingerprint density at radius 3 is 3.15 bits per heavy atom. The number of hydrogen-bond acceptors (Lipinski definition) is 5. The summed E-state index contributed by atoms with van der Waals surface area (Å²) in [4.78, 5) is 16.4. The van der Waals surface area contributed by atoms with Crippen molar-refractivity contribution in [1.29, 1.82) is 0 Å². The van der Waals surface area contributed by atoms with Gasteiger partial charge in [-0.05, 0) is 19.1 Å². The van der Waals surface area contributed by atoms with Gasteiger partial charge in [-0.3, -0.25) is 9.89 Å². The SMILES string of the molecule is CC(NC(=O)c1csc(-c2ccco2)n1)c1cn[nH]c1. The monoisotopic (exact) mass is 288 g/mol. The quantitative estimate of drug-likeness (QED) is 0.773. The molecule has 1 unspecified atom stereocenters. The zero-order chi connectivity index (χ0) is 13.9. The Morgan fingerprint density at radius 1 is 1.55 bits per heavy atom. The van der Waals surface area contributed by atoms with Gasteiger partial charge in [-0.25, -0.2) is 4.98 Å². The second-order valence-electron chi connectivity index (χ2n) is 4.24. The highest BCUT2D eigenvalue weighted by molar-refractivity contribution is 7.13. The average Bonchev–Trinajstić information content (AvgIpc) is 3.19. The van der Waals surface area contributed by atoms with Crippen LogP contribution in [0.3, 0.4) is 0 Å². The predicted molar refractivity (Wildman–Crippen MR) is 74.3 cm³/mol. The van der Waals surface area contributed by atoms with Gasteiger partial charge in [0.05, 0.1) is 18.5 Å². The van der Waals surface area contributed by atoms with Crippen LogP contribution in [0, 0.1) is 0 Å². The predicted octanol–water partition coefficient (Wildman–Crippen LogP) is 2.62. The van der Waals surface area contributed by atoms with Gasteiger partial charge in [0.25, 0.3) is 5.91 Å². The van der Waals surface area contributed by atoms with Crippen LogP contribution in [0.2, 0.25) is 0 Å². The van der Waals surface area contributed by atoms with Crippen molar-refractivity contribution in [3.05, 3.63) is 47.4 Å². The fourth-order valence-corrected chi connectivity index (χ4v) is 2.51. The molecule has 0 bridgehead atoms. The minimum absolute atomic E-state index is 0.130. The van der Waals surface area contributed by atoms with Crippen LogP contribution in [0.1, 0.15) is 29.0 Å². The molecule has 3 heterocycles. The van der Waals surface area contributed by atoms with Gasteiger partial charge in [-0.2, -0.15) is 5.10 Å². The fraction of sp³-hybridized carbons (Fsp3) is 0.154. The van der Waals surface area contributed by atoms with Gasteiger partial charge in [-0.15, -0.1) is 11.3 Å². The van der Waals surface area contributed by atoms with Crippen LogP contribution in [-0.4, -0.2) is 21.1 Å². The molecule has 0 aliphatic rings. The molecule has 0 aliphatic carbocycles. The molecule has 0 saturated heterocycles. The second kappa shape index (κ2) is 5.30. The zero-order valence-electron chi connectivity index (χ0n) is 10.7. The van der Waals surface area contributed by atoms with Crippen LogP contribution < -0.4 is 5.32 Å². The van der Waals surface area contributed by atoms with E-state index in [0.29, 0.717) is 16.5 Å². The number of aromatic nitrogens is 3. The summed E-state index contributed by atoms with van der Waals surface area (Å²) in [6.07, 6.45) is 5.01. The Balaban J connectivity index is 1.72. The van der Waals surface area contributed by atoms with Gasteiger partial charge < -0.3 is 9.73 Å². The van der Waals surface area contributed by atoms with E-state index in [-0.39, 0.29) is 11.9 Å². The number of furan rings is 1. The molecular formula is C13H12N4O2S. The maximum Gasteiger partial charge on any atom is 0.271 e. The number of nitrogens with one attached hydrogen (secondary N) is 2. The van der Waals surface area contributed by atoms with E-state index in [1.165, 1.54) is 11.3 Å². The van der Waals surface area contributed by atoms with E-state index in [0.717, 1.165) is 5.56 Å². The maximum absolute atomic E-state index is 12.1. The van der Waals surface area contributed by atoms with Crippen LogP contribution in [-0.2, 0) is 0 Å². The third kappa shape index (κ3) is 2.48. The molecule has 7 heteroatoms. The molecule has 0 aliphatic heterocycles. The van der Waals surface area contributed by atoms with Crippen molar-refractivity contribution in [2.24, 2.45) is 0 Å². The van der Waals surface area contributed by atoms with Crippen molar-refractivity contribution < 1.29 is 9.21 Å². The van der Waals surface area contributed by atoms with Crippen LogP contribution in [0.15, 0.2) is 40.6 Å². The summed E-state index contributed by atoms with van der Waals surface area (Å²) >= 11 is 1.38. The van der Waals surface area contributed by atoms with Crippen molar-refractivity contribution in [3.63, 3.8) is 0 Å². The Bertz CT molecular complexity index is 688. The Kier molecular flexibility index (Phi) is 3.34. The summed E-state index contributed by atoms with van der Waals surface area (Å²) in [7, 11) is 0. The lowest BCUT2D eigenvalue weighted by Crippen LogP contribution is -2.26. The number of thiazole rings is 1. The van der Waals surface area contributed by atoms with E-state index in [1.807, 2.05) is 13.0 Å². The van der Waals surface area contributed by atoms with E-state index in [1.54, 1.807) is 30.1 Å². The molecule has 0 radical (unpaired) electrons. The highest BCUT2D eigenvalue weighted by Gasteiger charge is 2.16. The number of nitrogens with zero attached hydrogens (tertiary/aromatic N) is 2. The van der Waals surface area contributed by atoms with Gasteiger partial charge >= 0.3 is 0 Å². The molecule has 0 aromatic carbocycles. The highest BCUT2D eigenvalue weighted by atomic mass is 32.1. The average molecular weight is 288 g/mol. The molecule has 0 saturated carbocycles. The molecule has 3 aromatic heterocycles. The molecule has 0 spiro atoms. The number of aromatic amines is 1. The standard InChI is InChI=1S/C13H12N4O2S/c1-8(9-5-14-15-6-9)16-12(18)10-7-20-13(17-10)11-3-2-4-19-11/h2-8H,1H3,(H,14,15)(H,16,18). The molecular weight excluding hydrogens is 276 g/mol. The molecule has 0 fully saturated rings. The number of H-pyrrole nitrogens is 1. The van der Waals surface area contributed by atoms with Crippen molar-refractivity contribution in [2.45, 2.75) is 13.0 Å². The summed E-state index contributed by atoms with van der Waals surface area (Å²) in [6, 6.07) is 3.47. The topological polar surface area (TPSA) is 83.8 Å². The van der Waals surface area contributed by atoms with Crippen molar-refractivity contribution in [1.82, 2.24) is 20.5 Å². The smallest absolute Gasteiger partial charge is 0.271 e. The lowest BCUT2D eigenvalue weighted by atomic mass is 10.2. The molecule has 1 amide bonds. The zero-order valence-corrected chi connectivity index (χ0v) is 11.5. The Hall–Kier alpha value is -2.41. The molecule has 6 nitrogen and oxygen atoms in total. The molecule has 20 heavy (non-hydrogen) atoms. The van der Waals surface area contributed by atoms with Crippen LogP contribution in [0.4, 0.5) is 0 Å². The lowest BCUT2D eigenvalue weighted by Gasteiger charge is -2.10. The first-order chi connectivity index (χ1) is 9.74. The van der Waals surface area contributed by atoms with E-state index < -0.39 is 0 Å². The van der Waals surface area contributed by atoms with E-state index in [9.17, 15) is 4.79 Å². The molecule has 2 N–H and O–H groups in total. The summed E-state index contributed by atoms with van der Waals surface area (Å²) in [5.41, 5.74) is 1.30. The third-order valence-corrected chi connectivity index (χ3v) is 3.69. The fourth-order valence-electron chi connectivity index (χ4n) is 1.74. The van der Waals surface area contributed by atoms with Gasteiger partial charge in [0.15, 0.2) is 10.8 Å². The number of amides is 1. The number of hydrogen-bond donors (Lipinski definition) is 2. The van der Waals surface area contributed by atoms with Gasteiger partial charge in [0, 0.05) is 17.1 Å². The van der Waals surface area contributed by atoms with Crippen LogP contribution in [0.25, 0.3) is 10.8 Å². The second-order valence-corrected chi connectivity index (χ2v) is 5.10. The largest absolute Gasteiger partial charge is 0.462 e. The first kappa shape index (κ1) is 12.6. The molecule has 3 rings (SSSR count). The lowest BCUT2D eigenvalue weighted by molar-refractivity contribution is 0.0935. The molecule has 1 atom stereocenters. The highest BCUT2D eigenvalue weighted by Crippen LogP contribution is 2.24. The van der Waals surface area contributed by atoms with Crippen molar-refractivity contribution in [2.75, 3.05) is 0 Å². The van der Waals surface area contributed by atoms with Gasteiger partial charge in [0.2, 0.25) is 0 Å². The minimum atomic E-state index is -0.215. The summed E-state index contributed by atoms with van der Waals surface area (Å²) in [6.45, 7) is 1.89. The third-order valence-electron chi connectivity index (χ3n) is 2.84. The van der Waals surface area contributed by atoms with Crippen LogP contribution >= 0.6 is 11.3 Å². The number of carbonyl (C=O) groups excluding carboxylic acids is 1. The molecule has 102 valence electrons. The van der Waals surface area contributed by atoms with Crippen molar-refractivity contribution >= 4 is 17.2 Å². The van der Waals surface area contributed by atoms with E-state index in [2.05, 4.69) is 20.5 Å². The van der Waals surface area contributed by atoms with E-state index in [4.69, 9.17) is 4.42 Å². The number of rotatable bonds is 4. The summed E-state index contributed by atoms with van der Waals surface area (Å²) in [5.74, 6) is 0.449.